The van der Waals surface area contributed by atoms with E-state index in [0.29, 0.717) is 0 Å². The number of rotatable bonds is 6. The number of nitrogens with two attached hydrogens (primary N) is 1. The molecular formula is C16H17F6NO2. The van der Waals surface area contributed by atoms with Crippen LogP contribution in [0.15, 0.2) is 24.3 Å². The fourth-order valence-electron chi connectivity index (χ4n) is 2.93. The molecule has 2 atom stereocenters. The van der Waals surface area contributed by atoms with Crippen LogP contribution in [0.5, 0.6) is 5.75 Å². The summed E-state index contributed by atoms with van der Waals surface area (Å²) in [6.07, 6.45) is -9.97. The Labute approximate surface area is 140 Å². The molecule has 1 amide bonds. The Bertz CT molecular complexity index is 636. The first-order chi connectivity index (χ1) is 11.3. The minimum absolute atomic E-state index is 0.0791. The molecule has 0 saturated heterocycles. The molecule has 3 nitrogen and oxygen atoms in total. The van der Waals surface area contributed by atoms with E-state index in [1.54, 1.807) is 0 Å². The van der Waals surface area contributed by atoms with Crippen LogP contribution in [0.1, 0.15) is 37.7 Å². The topological polar surface area (TPSA) is 52.3 Å². The van der Waals surface area contributed by atoms with E-state index in [-0.39, 0.29) is 18.4 Å². The molecular weight excluding hydrogens is 352 g/mol. The van der Waals surface area contributed by atoms with Gasteiger partial charge in [-0.3, -0.25) is 4.79 Å². The van der Waals surface area contributed by atoms with Crippen LogP contribution in [0.4, 0.5) is 26.3 Å². The quantitative estimate of drug-likeness (QED) is 0.750. The SMILES string of the molecule is C[C@H](c1cccc(OC(F)(F)F)c1)C(CC1(C(F)(F)F)CC1)C(N)=O. The molecule has 1 aromatic rings. The van der Waals surface area contributed by atoms with Crippen molar-refractivity contribution < 1.29 is 35.9 Å². The number of benzene rings is 1. The molecule has 0 aromatic heterocycles. The summed E-state index contributed by atoms with van der Waals surface area (Å²) < 4.78 is 80.1. The van der Waals surface area contributed by atoms with Crippen LogP contribution >= 0.6 is 0 Å². The summed E-state index contributed by atoms with van der Waals surface area (Å²) in [5.74, 6) is -3.35. The molecule has 0 aliphatic heterocycles. The molecule has 0 spiro atoms. The summed E-state index contributed by atoms with van der Waals surface area (Å²) in [5, 5.41) is 0. The Hall–Kier alpha value is -1.93. The maximum Gasteiger partial charge on any atom is 0.573 e. The number of halogens is 6. The second-order valence-electron chi connectivity index (χ2n) is 6.40. The lowest BCUT2D eigenvalue weighted by molar-refractivity contribution is -0.274. The van der Waals surface area contributed by atoms with Gasteiger partial charge in [-0.05, 0) is 42.9 Å². The van der Waals surface area contributed by atoms with Gasteiger partial charge < -0.3 is 10.5 Å². The van der Waals surface area contributed by atoms with E-state index in [0.717, 1.165) is 12.1 Å². The van der Waals surface area contributed by atoms with E-state index < -0.39 is 47.9 Å². The van der Waals surface area contributed by atoms with Crippen molar-refractivity contribution in [3.8, 4) is 5.75 Å². The van der Waals surface area contributed by atoms with Crippen molar-refractivity contribution in [3.63, 3.8) is 0 Å². The molecule has 2 rings (SSSR count). The predicted molar refractivity (Wildman–Crippen MR) is 76.6 cm³/mol. The van der Waals surface area contributed by atoms with E-state index in [2.05, 4.69) is 4.74 Å². The van der Waals surface area contributed by atoms with Crippen molar-refractivity contribution in [2.45, 2.75) is 44.6 Å². The highest BCUT2D eigenvalue weighted by molar-refractivity contribution is 5.78. The summed E-state index contributed by atoms with van der Waals surface area (Å²) in [5.41, 5.74) is 3.60. The van der Waals surface area contributed by atoms with Crippen molar-refractivity contribution in [1.82, 2.24) is 0 Å². The van der Waals surface area contributed by atoms with Gasteiger partial charge in [-0.15, -0.1) is 13.2 Å². The number of ether oxygens (including phenoxy) is 1. The average molecular weight is 369 g/mol. The van der Waals surface area contributed by atoms with Crippen molar-refractivity contribution in [3.05, 3.63) is 29.8 Å². The first-order valence-electron chi connectivity index (χ1n) is 7.56. The number of amides is 1. The molecule has 0 heterocycles. The Morgan fingerprint density at radius 2 is 1.84 bits per heavy atom. The second kappa shape index (κ2) is 6.42. The molecule has 2 N–H and O–H groups in total. The summed E-state index contributed by atoms with van der Waals surface area (Å²) in [4.78, 5) is 11.7. The lowest BCUT2D eigenvalue weighted by Gasteiger charge is -2.28. The zero-order valence-corrected chi connectivity index (χ0v) is 13.2. The van der Waals surface area contributed by atoms with Gasteiger partial charge in [0.05, 0.1) is 5.41 Å². The summed E-state index contributed by atoms with van der Waals surface area (Å²) in [7, 11) is 0. The third kappa shape index (κ3) is 4.58. The molecule has 25 heavy (non-hydrogen) atoms. The van der Waals surface area contributed by atoms with Crippen LogP contribution in [0.25, 0.3) is 0 Å². The summed E-state index contributed by atoms with van der Waals surface area (Å²) in [6, 6.07) is 4.83. The van der Waals surface area contributed by atoms with E-state index in [1.165, 1.54) is 19.1 Å². The number of hydrogen-bond acceptors (Lipinski definition) is 2. The Kier molecular flexibility index (Phi) is 4.98. The second-order valence-corrected chi connectivity index (χ2v) is 6.40. The maximum absolute atomic E-state index is 13.1. The minimum Gasteiger partial charge on any atom is -0.406 e. The van der Waals surface area contributed by atoms with E-state index in [9.17, 15) is 31.1 Å². The lowest BCUT2D eigenvalue weighted by atomic mass is 9.79. The standard InChI is InChI=1S/C16H17F6NO2/c1-9(10-3-2-4-11(7-10)25-16(20,21)22)12(13(23)24)8-14(5-6-14)15(17,18)19/h2-4,7,9,12H,5-6,8H2,1H3,(H2,23,24)/t9-,12?/m1/s1. The fourth-order valence-corrected chi connectivity index (χ4v) is 2.93. The third-order valence-electron chi connectivity index (χ3n) is 4.65. The monoisotopic (exact) mass is 369 g/mol. The molecule has 1 fully saturated rings. The highest BCUT2D eigenvalue weighted by Gasteiger charge is 2.64. The Balaban J connectivity index is 2.22. The Morgan fingerprint density at radius 1 is 1.24 bits per heavy atom. The summed E-state index contributed by atoms with van der Waals surface area (Å²) in [6.45, 7) is 1.47. The molecule has 1 aliphatic carbocycles. The van der Waals surface area contributed by atoms with Crippen LogP contribution in [-0.2, 0) is 4.79 Å². The van der Waals surface area contributed by atoms with Crippen molar-refractivity contribution in [2.24, 2.45) is 17.1 Å². The van der Waals surface area contributed by atoms with Gasteiger partial charge in [0, 0.05) is 5.92 Å². The van der Waals surface area contributed by atoms with Gasteiger partial charge in [0.15, 0.2) is 0 Å². The number of primary amides is 1. The number of alkyl halides is 6. The zero-order valence-electron chi connectivity index (χ0n) is 13.2. The van der Waals surface area contributed by atoms with Crippen LogP contribution in [0.2, 0.25) is 0 Å². The van der Waals surface area contributed by atoms with Crippen LogP contribution in [0.3, 0.4) is 0 Å². The molecule has 1 unspecified atom stereocenters. The first kappa shape index (κ1) is 19.4. The van der Waals surface area contributed by atoms with Crippen molar-refractivity contribution in [1.29, 1.82) is 0 Å². The number of carbonyl (C=O) groups is 1. The predicted octanol–water partition coefficient (Wildman–Crippen LogP) is 4.52. The fraction of sp³-hybridized carbons (Fsp3) is 0.562. The van der Waals surface area contributed by atoms with Gasteiger partial charge in [0.2, 0.25) is 5.91 Å². The molecule has 0 bridgehead atoms. The number of hydrogen-bond donors (Lipinski definition) is 1. The normalized spacial score (nSPS) is 19.2. The van der Waals surface area contributed by atoms with Gasteiger partial charge in [0.25, 0.3) is 0 Å². The van der Waals surface area contributed by atoms with Gasteiger partial charge in [-0.25, -0.2) is 0 Å². The molecule has 1 aliphatic rings. The highest BCUT2D eigenvalue weighted by atomic mass is 19.4. The van der Waals surface area contributed by atoms with E-state index >= 15 is 0 Å². The lowest BCUT2D eigenvalue weighted by Crippen LogP contribution is -2.35. The minimum atomic E-state index is -4.89. The van der Waals surface area contributed by atoms with E-state index in [1.807, 2.05) is 0 Å². The van der Waals surface area contributed by atoms with Crippen molar-refractivity contribution >= 4 is 5.91 Å². The number of carbonyl (C=O) groups excluding carboxylic acids is 1. The van der Waals surface area contributed by atoms with Gasteiger partial charge in [0.1, 0.15) is 5.75 Å². The average Bonchev–Trinajstić information content (AvgIpc) is 3.23. The van der Waals surface area contributed by atoms with Crippen molar-refractivity contribution in [2.75, 3.05) is 0 Å². The van der Waals surface area contributed by atoms with Crippen LogP contribution in [0, 0.1) is 11.3 Å². The van der Waals surface area contributed by atoms with E-state index in [4.69, 9.17) is 5.73 Å². The first-order valence-corrected chi connectivity index (χ1v) is 7.56. The van der Waals surface area contributed by atoms with Gasteiger partial charge in [-0.1, -0.05) is 19.1 Å². The molecule has 9 heteroatoms. The third-order valence-corrected chi connectivity index (χ3v) is 4.65. The van der Waals surface area contributed by atoms with Crippen LogP contribution in [-0.4, -0.2) is 18.4 Å². The highest BCUT2D eigenvalue weighted by Crippen LogP contribution is 2.62. The molecule has 140 valence electrons. The molecule has 1 aromatic carbocycles. The smallest absolute Gasteiger partial charge is 0.406 e. The van der Waals surface area contributed by atoms with Gasteiger partial charge >= 0.3 is 12.5 Å². The Morgan fingerprint density at radius 3 is 2.28 bits per heavy atom. The molecule has 0 radical (unpaired) electrons. The summed E-state index contributed by atoms with van der Waals surface area (Å²) >= 11 is 0. The largest absolute Gasteiger partial charge is 0.573 e. The maximum atomic E-state index is 13.1. The molecule has 1 saturated carbocycles. The van der Waals surface area contributed by atoms with Crippen LogP contribution < -0.4 is 10.5 Å². The zero-order chi connectivity index (χ0) is 19.0. The van der Waals surface area contributed by atoms with Gasteiger partial charge in [-0.2, -0.15) is 13.2 Å².